The molecule has 0 radical (unpaired) electrons. The Bertz CT molecular complexity index is 330. The van der Waals surface area contributed by atoms with Crippen LogP contribution in [0.4, 0.5) is 0 Å². The molecule has 0 aromatic carbocycles. The highest BCUT2D eigenvalue weighted by atomic mass is 32.2. The Kier molecular flexibility index (Phi) is 6.55. The predicted molar refractivity (Wildman–Crippen MR) is 75.2 cm³/mol. The average Bonchev–Trinajstić information content (AvgIpc) is 2.54. The lowest BCUT2D eigenvalue weighted by atomic mass is 10.1. The van der Waals surface area contributed by atoms with Crippen molar-refractivity contribution in [1.29, 1.82) is 0 Å². The molecule has 0 spiro atoms. The molecule has 0 bridgehead atoms. The average molecular weight is 277 g/mol. The first-order valence-corrected chi connectivity index (χ1v) is 8.42. The van der Waals surface area contributed by atoms with E-state index in [2.05, 4.69) is 17.1 Å². The van der Waals surface area contributed by atoms with E-state index in [9.17, 15) is 8.42 Å². The van der Waals surface area contributed by atoms with E-state index in [1.165, 1.54) is 17.3 Å². The zero-order chi connectivity index (χ0) is 13.6. The fourth-order valence-electron chi connectivity index (χ4n) is 2.25. The minimum absolute atomic E-state index is 0.188. The molecule has 6 heteroatoms. The van der Waals surface area contributed by atoms with Gasteiger partial charge in [-0.2, -0.15) is 0 Å². The highest BCUT2D eigenvalue weighted by Gasteiger charge is 2.17. The van der Waals surface area contributed by atoms with Crippen LogP contribution in [0.1, 0.15) is 26.2 Å². The summed E-state index contributed by atoms with van der Waals surface area (Å²) >= 11 is 0. The van der Waals surface area contributed by atoms with Crippen molar-refractivity contribution in [3.05, 3.63) is 0 Å². The first kappa shape index (κ1) is 15.9. The van der Waals surface area contributed by atoms with Crippen molar-refractivity contribution in [1.82, 2.24) is 14.5 Å². The number of hydrogen-bond donors (Lipinski definition) is 1. The van der Waals surface area contributed by atoms with Crippen molar-refractivity contribution in [2.24, 2.45) is 0 Å². The van der Waals surface area contributed by atoms with Crippen LogP contribution in [-0.2, 0) is 10.0 Å². The van der Waals surface area contributed by atoms with Crippen LogP contribution in [0, 0.1) is 0 Å². The van der Waals surface area contributed by atoms with Crippen molar-refractivity contribution in [3.8, 4) is 0 Å². The monoisotopic (exact) mass is 277 g/mol. The maximum absolute atomic E-state index is 11.6. The summed E-state index contributed by atoms with van der Waals surface area (Å²) in [7, 11) is 0.104. The third-order valence-corrected chi connectivity index (χ3v) is 5.45. The molecule has 0 saturated carbocycles. The van der Waals surface area contributed by atoms with E-state index in [1.54, 1.807) is 14.1 Å². The zero-order valence-corrected chi connectivity index (χ0v) is 12.7. The molecule has 1 aliphatic rings. The van der Waals surface area contributed by atoms with E-state index in [1.807, 2.05) is 0 Å². The fourth-order valence-corrected chi connectivity index (χ4v) is 2.99. The Balaban J connectivity index is 2.28. The molecule has 1 rings (SSSR count). The molecule has 1 N–H and O–H groups in total. The Morgan fingerprint density at radius 2 is 2.00 bits per heavy atom. The highest BCUT2D eigenvalue weighted by Crippen LogP contribution is 2.10. The Morgan fingerprint density at radius 1 is 1.28 bits per heavy atom. The van der Waals surface area contributed by atoms with Crippen molar-refractivity contribution >= 4 is 10.0 Å². The van der Waals surface area contributed by atoms with Gasteiger partial charge in [-0.15, -0.1) is 0 Å². The van der Waals surface area contributed by atoms with E-state index >= 15 is 0 Å². The molecule has 0 aliphatic carbocycles. The Hall–Kier alpha value is -0.170. The smallest absolute Gasteiger partial charge is 0.214 e. The van der Waals surface area contributed by atoms with E-state index in [0.717, 1.165) is 25.9 Å². The molecular weight excluding hydrogens is 250 g/mol. The van der Waals surface area contributed by atoms with Crippen LogP contribution in [0.3, 0.4) is 0 Å². The van der Waals surface area contributed by atoms with Gasteiger partial charge in [-0.05, 0) is 38.9 Å². The molecule has 1 heterocycles. The molecule has 1 aliphatic heterocycles. The lowest BCUT2D eigenvalue weighted by Crippen LogP contribution is -2.36. The van der Waals surface area contributed by atoms with Crippen LogP contribution in [0.25, 0.3) is 0 Å². The van der Waals surface area contributed by atoms with Gasteiger partial charge in [0.2, 0.25) is 10.0 Å². The van der Waals surface area contributed by atoms with E-state index in [0.29, 0.717) is 12.6 Å². The minimum atomic E-state index is -3.06. The van der Waals surface area contributed by atoms with Gasteiger partial charge in [-0.1, -0.05) is 6.92 Å². The number of sulfonamides is 1. The van der Waals surface area contributed by atoms with Crippen molar-refractivity contribution in [2.45, 2.75) is 32.2 Å². The second-order valence-electron chi connectivity index (χ2n) is 5.11. The third-order valence-electron chi connectivity index (χ3n) is 3.62. The summed E-state index contributed by atoms with van der Waals surface area (Å²) in [6.45, 7) is 6.15. The Labute approximate surface area is 112 Å². The quantitative estimate of drug-likeness (QED) is 0.761. The summed E-state index contributed by atoms with van der Waals surface area (Å²) < 4.78 is 24.5. The van der Waals surface area contributed by atoms with Crippen LogP contribution >= 0.6 is 0 Å². The lowest BCUT2D eigenvalue weighted by Gasteiger charge is -2.19. The van der Waals surface area contributed by atoms with Gasteiger partial charge in [0.15, 0.2) is 0 Å². The van der Waals surface area contributed by atoms with Gasteiger partial charge in [0.25, 0.3) is 0 Å². The van der Waals surface area contributed by atoms with Gasteiger partial charge in [0.1, 0.15) is 0 Å². The largest absolute Gasteiger partial charge is 0.313 e. The summed E-state index contributed by atoms with van der Waals surface area (Å²) in [4.78, 5) is 2.46. The van der Waals surface area contributed by atoms with E-state index in [-0.39, 0.29) is 5.75 Å². The number of nitrogens with zero attached hydrogens (tertiary/aromatic N) is 2. The molecule has 108 valence electrons. The number of rotatable bonds is 6. The lowest BCUT2D eigenvalue weighted by molar-refractivity contribution is 0.297. The summed E-state index contributed by atoms with van der Waals surface area (Å²) in [5.41, 5.74) is 0. The van der Waals surface area contributed by atoms with Gasteiger partial charge in [-0.3, -0.25) is 0 Å². The summed E-state index contributed by atoms with van der Waals surface area (Å²) in [5.74, 6) is 0.188. The van der Waals surface area contributed by atoms with Crippen LogP contribution < -0.4 is 5.32 Å². The topological polar surface area (TPSA) is 52.7 Å². The molecular formula is C12H27N3O2S. The van der Waals surface area contributed by atoms with Gasteiger partial charge in [0.05, 0.1) is 5.75 Å². The van der Waals surface area contributed by atoms with Crippen LogP contribution in [0.15, 0.2) is 0 Å². The van der Waals surface area contributed by atoms with Crippen molar-refractivity contribution < 1.29 is 8.42 Å². The third kappa shape index (κ3) is 5.22. The zero-order valence-electron chi connectivity index (χ0n) is 11.9. The molecule has 0 amide bonds. The van der Waals surface area contributed by atoms with Crippen LogP contribution in [0.2, 0.25) is 0 Å². The maximum Gasteiger partial charge on any atom is 0.214 e. The van der Waals surface area contributed by atoms with E-state index in [4.69, 9.17) is 0 Å². The predicted octanol–water partition coefficient (Wildman–Crippen LogP) is 0.342. The summed E-state index contributed by atoms with van der Waals surface area (Å²) in [6.07, 6.45) is 3.47. The van der Waals surface area contributed by atoms with E-state index < -0.39 is 10.0 Å². The molecule has 1 fully saturated rings. The molecule has 1 atom stereocenters. The maximum atomic E-state index is 11.6. The van der Waals surface area contributed by atoms with Crippen molar-refractivity contribution in [3.63, 3.8) is 0 Å². The molecule has 0 aromatic rings. The second-order valence-corrected chi connectivity index (χ2v) is 7.42. The van der Waals surface area contributed by atoms with Gasteiger partial charge in [0, 0.05) is 26.7 Å². The summed E-state index contributed by atoms with van der Waals surface area (Å²) in [5, 5.41) is 3.38. The minimum Gasteiger partial charge on any atom is -0.313 e. The van der Waals surface area contributed by atoms with Crippen molar-refractivity contribution in [2.75, 3.05) is 46.0 Å². The standard InChI is InChI=1S/C12H27N3O2S/c1-4-15-9-5-6-12(7-10-15)13-8-11-18(16,17)14(2)3/h12-13H,4-11H2,1-3H3. The summed E-state index contributed by atoms with van der Waals surface area (Å²) in [6, 6.07) is 0.471. The number of hydrogen-bond acceptors (Lipinski definition) is 4. The number of likely N-dealkylation sites (tertiary alicyclic amines) is 1. The molecule has 1 unspecified atom stereocenters. The second kappa shape index (κ2) is 7.43. The van der Waals surface area contributed by atoms with Gasteiger partial charge < -0.3 is 10.2 Å². The Morgan fingerprint density at radius 3 is 2.61 bits per heavy atom. The molecule has 5 nitrogen and oxygen atoms in total. The molecule has 0 aromatic heterocycles. The molecule has 18 heavy (non-hydrogen) atoms. The normalized spacial score (nSPS) is 23.2. The molecule has 1 saturated heterocycles. The van der Waals surface area contributed by atoms with Gasteiger partial charge in [-0.25, -0.2) is 12.7 Å². The van der Waals surface area contributed by atoms with Crippen LogP contribution in [0.5, 0.6) is 0 Å². The fraction of sp³-hybridized carbons (Fsp3) is 1.00. The first-order valence-electron chi connectivity index (χ1n) is 6.81. The first-order chi connectivity index (χ1) is 8.45. The van der Waals surface area contributed by atoms with Gasteiger partial charge >= 0.3 is 0 Å². The van der Waals surface area contributed by atoms with Crippen LogP contribution in [-0.4, -0.2) is 69.7 Å². The number of nitrogens with one attached hydrogen (secondary N) is 1. The highest BCUT2D eigenvalue weighted by molar-refractivity contribution is 7.89. The SMILES string of the molecule is CCN1CCCC(NCCS(=O)(=O)N(C)C)CC1.